The van der Waals surface area contributed by atoms with Crippen molar-refractivity contribution in [3.63, 3.8) is 0 Å². The summed E-state index contributed by atoms with van der Waals surface area (Å²) in [5.41, 5.74) is 5.76. The Kier molecular flexibility index (Phi) is 4.67. The molecule has 29 heavy (non-hydrogen) atoms. The highest BCUT2D eigenvalue weighted by Gasteiger charge is 2.43. The number of fused-ring (bicyclic) bond motifs is 5. The molecule has 1 aliphatic carbocycles. The molecular formula is C23H30FN3O2. The third kappa shape index (κ3) is 2.91. The van der Waals surface area contributed by atoms with Crippen molar-refractivity contribution in [2.45, 2.75) is 63.3 Å². The van der Waals surface area contributed by atoms with Crippen molar-refractivity contribution < 1.29 is 14.3 Å². The minimum atomic E-state index is -1.27. The Balaban J connectivity index is 1.48. The van der Waals surface area contributed by atoms with Crippen LogP contribution in [0.15, 0.2) is 18.2 Å². The molecule has 0 bridgehead atoms. The number of aromatic nitrogens is 1. The Bertz CT molecular complexity index is 953. The fraction of sp³-hybridized carbons (Fsp3) is 0.609. The lowest BCUT2D eigenvalue weighted by molar-refractivity contribution is -0.129. The molecule has 1 aromatic carbocycles. The number of nitrogens with one attached hydrogen (secondary N) is 1. The van der Waals surface area contributed by atoms with Gasteiger partial charge in [0.15, 0.2) is 0 Å². The van der Waals surface area contributed by atoms with E-state index in [0.717, 1.165) is 19.4 Å². The summed E-state index contributed by atoms with van der Waals surface area (Å²) in [6.07, 6.45) is 2.95. The Morgan fingerprint density at radius 2 is 2.24 bits per heavy atom. The first-order valence-electron chi connectivity index (χ1n) is 10.9. The van der Waals surface area contributed by atoms with Gasteiger partial charge < -0.3 is 19.9 Å². The highest BCUT2D eigenvalue weighted by molar-refractivity contribution is 5.91. The summed E-state index contributed by atoms with van der Waals surface area (Å²) in [6, 6.07) is 6.21. The molecule has 0 radical (unpaired) electrons. The summed E-state index contributed by atoms with van der Waals surface area (Å²) in [5.74, 6) is -0.0317. The van der Waals surface area contributed by atoms with Crippen LogP contribution in [0.2, 0.25) is 0 Å². The number of nitrogens with zero attached hydrogens (tertiary/aromatic N) is 2. The number of carbonyl (C=O) groups excluding carboxylic acids is 1. The first kappa shape index (κ1) is 19.1. The number of aliphatic hydroxyl groups is 1. The molecule has 5 rings (SSSR count). The van der Waals surface area contributed by atoms with Crippen molar-refractivity contribution in [3.05, 3.63) is 35.0 Å². The van der Waals surface area contributed by atoms with Crippen LogP contribution < -0.4 is 5.32 Å². The summed E-state index contributed by atoms with van der Waals surface area (Å²) < 4.78 is 16.2. The van der Waals surface area contributed by atoms with Crippen molar-refractivity contribution >= 4 is 16.8 Å². The predicted molar refractivity (Wildman–Crippen MR) is 111 cm³/mol. The van der Waals surface area contributed by atoms with E-state index in [9.17, 15) is 14.3 Å². The Morgan fingerprint density at radius 3 is 3.00 bits per heavy atom. The van der Waals surface area contributed by atoms with Crippen molar-refractivity contribution in [2.75, 3.05) is 20.2 Å². The monoisotopic (exact) mass is 399 g/mol. The second-order valence-electron chi connectivity index (χ2n) is 9.15. The molecule has 3 heterocycles. The molecule has 1 aromatic heterocycles. The van der Waals surface area contributed by atoms with E-state index in [2.05, 4.69) is 40.0 Å². The standard InChI is InChI=1S/C23H30FN3O2/c1-13(24)18(12-28)25-23(29)14-9-16-15-5-3-6-20-22(15)17(10-21(16)26(2)11-14)19-7-4-8-27(19)20/h3,5-6,13-14,16,18,21,28H,4,7-12H2,1-2H3,(H,25,29). The van der Waals surface area contributed by atoms with E-state index in [1.165, 1.54) is 47.5 Å². The van der Waals surface area contributed by atoms with Crippen LogP contribution in [0.1, 0.15) is 42.5 Å². The Labute approximate surface area is 170 Å². The zero-order valence-corrected chi connectivity index (χ0v) is 17.2. The molecule has 2 N–H and O–H groups in total. The normalized spacial score (nSPS) is 28.1. The molecule has 2 aromatic rings. The summed E-state index contributed by atoms with van der Waals surface area (Å²) >= 11 is 0. The molecule has 5 nitrogen and oxygen atoms in total. The maximum absolute atomic E-state index is 13.6. The average Bonchev–Trinajstić information content (AvgIpc) is 3.30. The number of likely N-dealkylation sites (N-methyl/N-ethyl adjacent to an activating group) is 1. The fourth-order valence-corrected chi connectivity index (χ4v) is 6.00. The number of hydrogen-bond donors (Lipinski definition) is 2. The summed E-state index contributed by atoms with van der Waals surface area (Å²) in [5, 5.41) is 13.5. The second kappa shape index (κ2) is 7.10. The molecule has 1 saturated heterocycles. The van der Waals surface area contributed by atoms with Crippen LogP contribution in [0.4, 0.5) is 4.39 Å². The van der Waals surface area contributed by atoms with Gasteiger partial charge in [-0.2, -0.15) is 0 Å². The molecule has 156 valence electrons. The molecule has 2 aliphatic heterocycles. The fourth-order valence-electron chi connectivity index (χ4n) is 6.00. The van der Waals surface area contributed by atoms with Crippen LogP contribution >= 0.6 is 0 Å². The SMILES string of the molecule is CC(F)C(CO)NC(=O)C1CC2c3cccc4c3c(c3n4CCC3)CC2N(C)C1. The second-order valence-corrected chi connectivity index (χ2v) is 9.15. The van der Waals surface area contributed by atoms with Gasteiger partial charge in [0.1, 0.15) is 6.17 Å². The van der Waals surface area contributed by atoms with Gasteiger partial charge in [0.25, 0.3) is 0 Å². The number of carbonyl (C=O) groups is 1. The zero-order chi connectivity index (χ0) is 20.3. The molecule has 0 spiro atoms. The third-order valence-corrected chi connectivity index (χ3v) is 7.48. The van der Waals surface area contributed by atoms with E-state index in [-0.39, 0.29) is 18.4 Å². The molecule has 1 amide bonds. The molecule has 0 saturated carbocycles. The molecule has 3 aliphatic rings. The summed E-state index contributed by atoms with van der Waals surface area (Å²) in [4.78, 5) is 15.2. The summed E-state index contributed by atoms with van der Waals surface area (Å²) in [7, 11) is 2.11. The molecule has 5 unspecified atom stereocenters. The van der Waals surface area contributed by atoms with Crippen LogP contribution in [-0.2, 0) is 24.2 Å². The van der Waals surface area contributed by atoms with Crippen LogP contribution in [0.5, 0.6) is 0 Å². The first-order chi connectivity index (χ1) is 14.0. The number of hydrogen-bond acceptors (Lipinski definition) is 3. The van der Waals surface area contributed by atoms with Crippen molar-refractivity contribution in [3.8, 4) is 0 Å². The number of halogens is 1. The molecular weight excluding hydrogens is 369 g/mol. The van der Waals surface area contributed by atoms with E-state index in [4.69, 9.17) is 0 Å². The minimum absolute atomic E-state index is 0.142. The van der Waals surface area contributed by atoms with Crippen molar-refractivity contribution in [1.29, 1.82) is 0 Å². The van der Waals surface area contributed by atoms with E-state index >= 15 is 0 Å². The lowest BCUT2D eigenvalue weighted by atomic mass is 9.71. The van der Waals surface area contributed by atoms with Gasteiger partial charge in [-0.05, 0) is 56.8 Å². The molecule has 5 atom stereocenters. The van der Waals surface area contributed by atoms with E-state index in [0.29, 0.717) is 18.5 Å². The quantitative estimate of drug-likeness (QED) is 0.830. The smallest absolute Gasteiger partial charge is 0.224 e. The van der Waals surface area contributed by atoms with Gasteiger partial charge in [-0.3, -0.25) is 4.79 Å². The van der Waals surface area contributed by atoms with Crippen LogP contribution in [0, 0.1) is 5.92 Å². The number of aryl methyl sites for hydroxylation is 1. The number of likely N-dealkylation sites (tertiary alicyclic amines) is 1. The topological polar surface area (TPSA) is 57.5 Å². The number of alkyl halides is 1. The molecule has 6 heteroatoms. The van der Waals surface area contributed by atoms with Gasteiger partial charge in [-0.25, -0.2) is 4.39 Å². The third-order valence-electron chi connectivity index (χ3n) is 7.48. The highest BCUT2D eigenvalue weighted by Crippen LogP contribution is 2.47. The van der Waals surface area contributed by atoms with Crippen LogP contribution in [0.3, 0.4) is 0 Å². The lowest BCUT2D eigenvalue weighted by Gasteiger charge is -2.45. The number of benzene rings is 1. The first-order valence-corrected chi connectivity index (χ1v) is 10.9. The number of amides is 1. The average molecular weight is 400 g/mol. The highest BCUT2D eigenvalue weighted by atomic mass is 19.1. The Morgan fingerprint density at radius 1 is 1.41 bits per heavy atom. The van der Waals surface area contributed by atoms with E-state index in [1.54, 1.807) is 0 Å². The van der Waals surface area contributed by atoms with Gasteiger partial charge in [0, 0.05) is 41.6 Å². The van der Waals surface area contributed by atoms with Gasteiger partial charge in [0.2, 0.25) is 5.91 Å². The van der Waals surface area contributed by atoms with Crippen molar-refractivity contribution in [2.24, 2.45) is 5.92 Å². The number of aliphatic hydroxyl groups excluding tert-OH is 1. The van der Waals surface area contributed by atoms with Crippen molar-refractivity contribution in [1.82, 2.24) is 14.8 Å². The summed E-state index contributed by atoms with van der Waals surface area (Å²) in [6.45, 7) is 2.78. The minimum Gasteiger partial charge on any atom is -0.394 e. The zero-order valence-electron chi connectivity index (χ0n) is 17.2. The lowest BCUT2D eigenvalue weighted by Crippen LogP contribution is -2.53. The predicted octanol–water partition coefficient (Wildman–Crippen LogP) is 2.38. The maximum atomic E-state index is 13.6. The van der Waals surface area contributed by atoms with E-state index in [1.807, 2.05) is 0 Å². The van der Waals surface area contributed by atoms with Crippen LogP contribution in [-0.4, -0.2) is 58.9 Å². The van der Waals surface area contributed by atoms with E-state index < -0.39 is 12.2 Å². The van der Waals surface area contributed by atoms with Gasteiger partial charge >= 0.3 is 0 Å². The number of piperidine rings is 1. The maximum Gasteiger partial charge on any atom is 0.224 e. The van der Waals surface area contributed by atoms with Gasteiger partial charge in [0.05, 0.1) is 18.6 Å². The Hall–Kier alpha value is -1.92. The van der Waals surface area contributed by atoms with Crippen LogP contribution in [0.25, 0.3) is 10.9 Å². The number of rotatable bonds is 4. The molecule has 1 fully saturated rings. The largest absolute Gasteiger partial charge is 0.394 e. The van der Waals surface area contributed by atoms with Gasteiger partial charge in [-0.15, -0.1) is 0 Å². The van der Waals surface area contributed by atoms with Gasteiger partial charge in [-0.1, -0.05) is 12.1 Å².